The van der Waals surface area contributed by atoms with Crippen LogP contribution in [-0.4, -0.2) is 23.1 Å². The van der Waals surface area contributed by atoms with Crippen LogP contribution < -0.4 is 10.5 Å². The van der Waals surface area contributed by atoms with Crippen LogP contribution in [0.25, 0.3) is 0 Å². The van der Waals surface area contributed by atoms with Gasteiger partial charge in [0.1, 0.15) is 16.5 Å². The second kappa shape index (κ2) is 6.10. The molecule has 0 saturated carbocycles. The van der Waals surface area contributed by atoms with Gasteiger partial charge < -0.3 is 15.7 Å². The van der Waals surface area contributed by atoms with Crippen LogP contribution in [0.5, 0.6) is 5.75 Å². The van der Waals surface area contributed by atoms with Crippen LogP contribution in [0.2, 0.25) is 0 Å². The van der Waals surface area contributed by atoms with E-state index in [4.69, 9.17) is 15.7 Å². The van der Waals surface area contributed by atoms with Crippen molar-refractivity contribution >= 4 is 17.6 Å². The standard InChI is InChI=1S/C13H13N3O2S/c1-18-9-4-2-5-10(8-9)19-12-7-3-6-11(15-12)13(14)16-17/h2-8,17H,1H3,(H2,14,16). The fourth-order valence-electron chi connectivity index (χ4n) is 1.45. The van der Waals surface area contributed by atoms with Crippen molar-refractivity contribution < 1.29 is 9.94 Å². The van der Waals surface area contributed by atoms with Crippen LogP contribution in [-0.2, 0) is 0 Å². The number of hydrogen-bond donors (Lipinski definition) is 2. The van der Waals surface area contributed by atoms with Crippen LogP contribution in [0.3, 0.4) is 0 Å². The second-order valence-corrected chi connectivity index (χ2v) is 4.72. The molecule has 0 bridgehead atoms. The summed E-state index contributed by atoms with van der Waals surface area (Å²) in [6, 6.07) is 13.0. The maximum Gasteiger partial charge on any atom is 0.188 e. The third-order valence-electron chi connectivity index (χ3n) is 2.36. The lowest BCUT2D eigenvalue weighted by molar-refractivity contribution is 0.318. The Hall–Kier alpha value is -2.21. The van der Waals surface area contributed by atoms with Crippen LogP contribution in [0.15, 0.2) is 57.5 Å². The zero-order valence-corrected chi connectivity index (χ0v) is 11.1. The average molecular weight is 275 g/mol. The van der Waals surface area contributed by atoms with Gasteiger partial charge in [-0.05, 0) is 30.3 Å². The van der Waals surface area contributed by atoms with Gasteiger partial charge in [0.15, 0.2) is 5.84 Å². The quantitative estimate of drug-likeness (QED) is 0.387. The smallest absolute Gasteiger partial charge is 0.188 e. The summed E-state index contributed by atoms with van der Waals surface area (Å²) in [4.78, 5) is 5.30. The second-order valence-electron chi connectivity index (χ2n) is 3.63. The molecule has 3 N–H and O–H groups in total. The third-order valence-corrected chi connectivity index (χ3v) is 3.28. The summed E-state index contributed by atoms with van der Waals surface area (Å²) in [6.45, 7) is 0. The lowest BCUT2D eigenvalue weighted by Crippen LogP contribution is -2.14. The topological polar surface area (TPSA) is 80.7 Å². The molecule has 0 saturated heterocycles. The number of nitrogens with two attached hydrogens (primary N) is 1. The molecule has 6 heteroatoms. The first-order valence-electron chi connectivity index (χ1n) is 5.50. The zero-order chi connectivity index (χ0) is 13.7. The van der Waals surface area contributed by atoms with E-state index in [2.05, 4.69) is 10.1 Å². The molecule has 0 aliphatic carbocycles. The molecule has 0 amide bonds. The number of benzene rings is 1. The van der Waals surface area contributed by atoms with Crippen LogP contribution in [0.1, 0.15) is 5.69 Å². The molecule has 19 heavy (non-hydrogen) atoms. The van der Waals surface area contributed by atoms with Crippen molar-refractivity contribution in [3.05, 3.63) is 48.2 Å². The molecule has 2 aromatic rings. The van der Waals surface area contributed by atoms with E-state index in [1.54, 1.807) is 13.2 Å². The van der Waals surface area contributed by atoms with E-state index in [0.717, 1.165) is 15.7 Å². The fourth-order valence-corrected chi connectivity index (χ4v) is 2.30. The van der Waals surface area contributed by atoms with Gasteiger partial charge in [-0.1, -0.05) is 29.1 Å². The van der Waals surface area contributed by atoms with Gasteiger partial charge in [-0.15, -0.1) is 0 Å². The highest BCUT2D eigenvalue weighted by molar-refractivity contribution is 7.99. The van der Waals surface area contributed by atoms with E-state index in [-0.39, 0.29) is 5.84 Å². The summed E-state index contributed by atoms with van der Waals surface area (Å²) in [7, 11) is 1.63. The Labute approximate surface area is 115 Å². The maximum absolute atomic E-state index is 8.64. The Balaban J connectivity index is 2.23. The Morgan fingerprint density at radius 1 is 1.32 bits per heavy atom. The van der Waals surface area contributed by atoms with Crippen LogP contribution in [0.4, 0.5) is 0 Å². The van der Waals surface area contributed by atoms with Crippen molar-refractivity contribution in [1.29, 1.82) is 0 Å². The summed E-state index contributed by atoms with van der Waals surface area (Å²) in [5.41, 5.74) is 5.95. The predicted octanol–water partition coefficient (Wildman–Crippen LogP) is 2.34. The predicted molar refractivity (Wildman–Crippen MR) is 73.9 cm³/mol. The molecule has 0 aliphatic heterocycles. The van der Waals surface area contributed by atoms with Gasteiger partial charge in [-0.25, -0.2) is 4.98 Å². The third kappa shape index (κ3) is 3.38. The minimum absolute atomic E-state index is 0.00640. The van der Waals surface area contributed by atoms with E-state index in [0.29, 0.717) is 5.69 Å². The lowest BCUT2D eigenvalue weighted by atomic mass is 10.3. The Morgan fingerprint density at radius 3 is 2.84 bits per heavy atom. The van der Waals surface area contributed by atoms with Gasteiger partial charge in [-0.3, -0.25) is 0 Å². The molecule has 0 aliphatic rings. The summed E-state index contributed by atoms with van der Waals surface area (Å²) in [5.74, 6) is 0.783. The largest absolute Gasteiger partial charge is 0.497 e. The van der Waals surface area contributed by atoms with Gasteiger partial charge in [0.05, 0.1) is 7.11 Å². The zero-order valence-electron chi connectivity index (χ0n) is 10.3. The molecule has 1 heterocycles. The van der Waals surface area contributed by atoms with E-state index in [1.807, 2.05) is 36.4 Å². The Kier molecular flexibility index (Phi) is 4.25. The van der Waals surface area contributed by atoms with Crippen molar-refractivity contribution in [3.8, 4) is 5.75 Å². The molecule has 2 rings (SSSR count). The first-order valence-corrected chi connectivity index (χ1v) is 6.31. The summed E-state index contributed by atoms with van der Waals surface area (Å²) in [6.07, 6.45) is 0. The van der Waals surface area contributed by atoms with Gasteiger partial charge in [0, 0.05) is 4.90 Å². The van der Waals surface area contributed by atoms with Crippen molar-refractivity contribution in [1.82, 2.24) is 4.98 Å². The van der Waals surface area contributed by atoms with Gasteiger partial charge in [0.2, 0.25) is 0 Å². The van der Waals surface area contributed by atoms with Crippen molar-refractivity contribution in [2.24, 2.45) is 10.9 Å². The monoisotopic (exact) mass is 275 g/mol. The van der Waals surface area contributed by atoms with Crippen LogP contribution in [0, 0.1) is 0 Å². The number of aromatic nitrogens is 1. The van der Waals surface area contributed by atoms with Crippen LogP contribution >= 0.6 is 11.8 Å². The molecular weight excluding hydrogens is 262 g/mol. The van der Waals surface area contributed by atoms with E-state index >= 15 is 0 Å². The summed E-state index contributed by atoms with van der Waals surface area (Å²) < 4.78 is 5.17. The van der Waals surface area contributed by atoms with Gasteiger partial charge in [0.25, 0.3) is 0 Å². The number of methoxy groups -OCH3 is 1. The minimum atomic E-state index is -0.00640. The summed E-state index contributed by atoms with van der Waals surface area (Å²) >= 11 is 1.48. The average Bonchev–Trinajstić information content (AvgIpc) is 2.47. The van der Waals surface area contributed by atoms with Crippen molar-refractivity contribution in [2.45, 2.75) is 9.92 Å². The fraction of sp³-hybridized carbons (Fsp3) is 0.0769. The highest BCUT2D eigenvalue weighted by Crippen LogP contribution is 2.28. The molecule has 1 aromatic heterocycles. The Morgan fingerprint density at radius 2 is 2.11 bits per heavy atom. The first-order chi connectivity index (χ1) is 9.22. The highest BCUT2D eigenvalue weighted by atomic mass is 32.2. The first kappa shape index (κ1) is 13.2. The lowest BCUT2D eigenvalue weighted by Gasteiger charge is -2.05. The summed E-state index contributed by atoms with van der Waals surface area (Å²) in [5, 5.41) is 12.3. The maximum atomic E-state index is 8.64. The van der Waals surface area contributed by atoms with Gasteiger partial charge in [-0.2, -0.15) is 0 Å². The number of amidine groups is 1. The highest BCUT2D eigenvalue weighted by Gasteiger charge is 2.04. The van der Waals surface area contributed by atoms with Gasteiger partial charge >= 0.3 is 0 Å². The van der Waals surface area contributed by atoms with Crippen molar-refractivity contribution in [2.75, 3.05) is 7.11 Å². The molecular formula is C13H13N3O2S. The van der Waals surface area contributed by atoms with E-state index < -0.39 is 0 Å². The number of pyridine rings is 1. The van der Waals surface area contributed by atoms with E-state index in [9.17, 15) is 0 Å². The number of nitrogens with zero attached hydrogens (tertiary/aromatic N) is 2. The number of rotatable bonds is 4. The molecule has 1 aromatic carbocycles. The molecule has 0 fully saturated rings. The number of hydrogen-bond acceptors (Lipinski definition) is 5. The van der Waals surface area contributed by atoms with E-state index in [1.165, 1.54) is 11.8 Å². The normalized spacial score (nSPS) is 11.3. The SMILES string of the molecule is COc1cccc(Sc2cccc(C(N)=NO)n2)c1. The number of ether oxygens (including phenoxy) is 1. The molecule has 98 valence electrons. The molecule has 0 radical (unpaired) electrons. The number of oxime groups is 1. The molecule has 0 atom stereocenters. The minimum Gasteiger partial charge on any atom is -0.497 e. The molecule has 5 nitrogen and oxygen atoms in total. The Bertz CT molecular complexity index is 602. The molecule has 0 unspecified atom stereocenters. The molecule has 0 spiro atoms. The van der Waals surface area contributed by atoms with Crippen molar-refractivity contribution in [3.63, 3.8) is 0 Å².